The topological polar surface area (TPSA) is 221 Å². The first kappa shape index (κ1) is 23.3. The summed E-state index contributed by atoms with van der Waals surface area (Å²) in [4.78, 5) is 40.7. The molecular formula is C16H14N8O8. The lowest BCUT2D eigenvalue weighted by Crippen LogP contribution is -2.11. The molecule has 2 N–H and O–H groups in total. The smallest absolute Gasteiger partial charge is 0.271 e. The molecule has 16 heteroatoms. The van der Waals surface area contributed by atoms with Crippen molar-refractivity contribution in [1.82, 2.24) is 0 Å². The number of nitro benzene ring substituents is 4. The number of rotatable bonds is 9. The highest BCUT2D eigenvalue weighted by molar-refractivity contribution is 6.40. The molecule has 0 aliphatic rings. The molecule has 0 fully saturated rings. The molecule has 0 unspecified atom stereocenters. The Morgan fingerprint density at radius 2 is 1.00 bits per heavy atom. The highest BCUT2D eigenvalue weighted by atomic mass is 16.6. The zero-order valence-corrected chi connectivity index (χ0v) is 16.4. The predicted octanol–water partition coefficient (Wildman–Crippen LogP) is 3.60. The van der Waals surface area contributed by atoms with Crippen LogP contribution in [-0.4, -0.2) is 31.1 Å². The molecule has 0 bridgehead atoms. The number of hydrogen-bond donors (Lipinski definition) is 2. The largest absolute Gasteiger partial charge is 0.301 e. The number of hydrogen-bond acceptors (Lipinski definition) is 12. The highest BCUT2D eigenvalue weighted by Gasteiger charge is 2.20. The third-order valence-electron chi connectivity index (χ3n) is 3.99. The number of benzene rings is 2. The summed E-state index contributed by atoms with van der Waals surface area (Å²) in [7, 11) is 0. The molecule has 0 amide bonds. The molecule has 166 valence electrons. The van der Waals surface area contributed by atoms with Crippen LogP contribution in [0.2, 0.25) is 0 Å². The van der Waals surface area contributed by atoms with E-state index in [1.165, 1.54) is 13.8 Å². The van der Waals surface area contributed by atoms with Crippen LogP contribution in [0.4, 0.5) is 34.1 Å². The van der Waals surface area contributed by atoms with Gasteiger partial charge in [-0.25, -0.2) is 0 Å². The van der Waals surface area contributed by atoms with Crippen LogP contribution >= 0.6 is 0 Å². The first-order chi connectivity index (χ1) is 15.0. The van der Waals surface area contributed by atoms with Gasteiger partial charge in [0.2, 0.25) is 0 Å². The minimum Gasteiger partial charge on any atom is -0.271 e. The molecule has 0 aromatic heterocycles. The minimum atomic E-state index is -0.809. The lowest BCUT2D eigenvalue weighted by atomic mass is 10.2. The van der Waals surface area contributed by atoms with E-state index in [9.17, 15) is 40.5 Å². The van der Waals surface area contributed by atoms with Crippen LogP contribution in [0.5, 0.6) is 0 Å². The van der Waals surface area contributed by atoms with Crippen LogP contribution < -0.4 is 10.9 Å². The summed E-state index contributed by atoms with van der Waals surface area (Å²) >= 11 is 0. The molecule has 0 heterocycles. The molecule has 0 atom stereocenters. The van der Waals surface area contributed by atoms with E-state index in [1.807, 2.05) is 0 Å². The van der Waals surface area contributed by atoms with Crippen molar-refractivity contribution in [2.75, 3.05) is 10.9 Å². The zero-order valence-electron chi connectivity index (χ0n) is 16.4. The summed E-state index contributed by atoms with van der Waals surface area (Å²) in [5, 5.41) is 51.7. The van der Waals surface area contributed by atoms with Crippen LogP contribution in [0.15, 0.2) is 46.6 Å². The molecule has 2 rings (SSSR count). The predicted molar refractivity (Wildman–Crippen MR) is 113 cm³/mol. The Balaban J connectivity index is 2.23. The first-order valence-corrected chi connectivity index (χ1v) is 8.48. The summed E-state index contributed by atoms with van der Waals surface area (Å²) in [6, 6.07) is 5.94. The van der Waals surface area contributed by atoms with E-state index >= 15 is 0 Å². The zero-order chi connectivity index (χ0) is 24.0. The second kappa shape index (κ2) is 9.65. The molecule has 0 saturated carbocycles. The van der Waals surface area contributed by atoms with Gasteiger partial charge in [-0.3, -0.25) is 51.3 Å². The van der Waals surface area contributed by atoms with Crippen LogP contribution in [0.25, 0.3) is 0 Å². The maximum absolute atomic E-state index is 11.2. The van der Waals surface area contributed by atoms with Crippen molar-refractivity contribution in [2.45, 2.75) is 13.8 Å². The third kappa shape index (κ3) is 5.53. The van der Waals surface area contributed by atoms with Crippen LogP contribution in [0, 0.1) is 40.5 Å². The first-order valence-electron chi connectivity index (χ1n) is 8.48. The average Bonchev–Trinajstić information content (AvgIpc) is 2.74. The van der Waals surface area contributed by atoms with E-state index < -0.39 is 42.4 Å². The normalized spacial score (nSPS) is 11.6. The van der Waals surface area contributed by atoms with Crippen molar-refractivity contribution < 1.29 is 19.7 Å². The Morgan fingerprint density at radius 1 is 0.656 bits per heavy atom. The van der Waals surface area contributed by atoms with Gasteiger partial charge in [-0.05, 0) is 26.0 Å². The van der Waals surface area contributed by atoms with Crippen molar-refractivity contribution in [3.63, 3.8) is 0 Å². The van der Waals surface area contributed by atoms with Gasteiger partial charge in [-0.2, -0.15) is 10.2 Å². The van der Waals surface area contributed by atoms with Gasteiger partial charge in [-0.1, -0.05) is 0 Å². The van der Waals surface area contributed by atoms with Crippen molar-refractivity contribution >= 4 is 45.5 Å². The van der Waals surface area contributed by atoms with Gasteiger partial charge in [0.05, 0.1) is 43.2 Å². The van der Waals surface area contributed by atoms with Gasteiger partial charge in [-0.15, -0.1) is 0 Å². The van der Waals surface area contributed by atoms with E-state index in [2.05, 4.69) is 21.1 Å². The monoisotopic (exact) mass is 446 g/mol. The fourth-order valence-electron chi connectivity index (χ4n) is 2.21. The van der Waals surface area contributed by atoms with Gasteiger partial charge in [0, 0.05) is 12.1 Å². The van der Waals surface area contributed by atoms with E-state index in [-0.39, 0.29) is 22.8 Å². The Kier molecular flexibility index (Phi) is 7.02. The number of nitro groups is 4. The maximum atomic E-state index is 11.2. The minimum absolute atomic E-state index is 0.105. The summed E-state index contributed by atoms with van der Waals surface area (Å²) < 4.78 is 0. The molecule has 2 aromatic rings. The fraction of sp³-hybridized carbons (Fsp3) is 0.125. The fourth-order valence-corrected chi connectivity index (χ4v) is 2.21. The third-order valence-corrected chi connectivity index (χ3v) is 3.99. The standard InChI is InChI=1S/C16H14N8O8/c1-9(17-19-13-5-3-11(21(25)26)7-15(13)23(29)30)10(2)18-20-14-6-4-12(22(27)28)8-16(14)24(31)32/h3-8,19-20H,1-2H3/b17-9-,18-10?. The average molecular weight is 446 g/mol. The lowest BCUT2D eigenvalue weighted by molar-refractivity contribution is -0.393. The molecule has 0 radical (unpaired) electrons. The van der Waals surface area contributed by atoms with Gasteiger partial charge in [0.15, 0.2) is 0 Å². The number of hydrazone groups is 2. The summed E-state index contributed by atoms with van der Waals surface area (Å²) in [5.74, 6) is 0. The van der Waals surface area contributed by atoms with Crippen LogP contribution in [-0.2, 0) is 0 Å². The Morgan fingerprint density at radius 3 is 1.28 bits per heavy atom. The molecule has 0 spiro atoms. The summed E-state index contributed by atoms with van der Waals surface area (Å²) in [6.45, 7) is 2.96. The number of non-ortho nitro benzene ring substituents is 2. The second-order valence-corrected chi connectivity index (χ2v) is 6.05. The van der Waals surface area contributed by atoms with Crippen molar-refractivity contribution in [3.8, 4) is 0 Å². The molecule has 0 aliphatic carbocycles. The van der Waals surface area contributed by atoms with E-state index in [4.69, 9.17) is 0 Å². The Labute approximate surface area is 177 Å². The SMILES string of the molecule is CC(=NNc1ccc([N+](=O)[O-])cc1[N+](=O)[O-])/C(C)=N\Nc1ccc([N+](=O)[O-])cc1[N+](=O)[O-]. The van der Waals surface area contributed by atoms with Crippen LogP contribution in [0.1, 0.15) is 13.8 Å². The van der Waals surface area contributed by atoms with E-state index in [1.54, 1.807) is 0 Å². The van der Waals surface area contributed by atoms with Gasteiger partial charge < -0.3 is 0 Å². The van der Waals surface area contributed by atoms with Gasteiger partial charge in [0.1, 0.15) is 11.4 Å². The molecular weight excluding hydrogens is 432 g/mol. The highest BCUT2D eigenvalue weighted by Crippen LogP contribution is 2.30. The second-order valence-electron chi connectivity index (χ2n) is 6.05. The van der Waals surface area contributed by atoms with E-state index in [0.29, 0.717) is 0 Å². The quantitative estimate of drug-likeness (QED) is 0.323. The van der Waals surface area contributed by atoms with Crippen molar-refractivity contribution in [1.29, 1.82) is 0 Å². The molecule has 0 aliphatic heterocycles. The summed E-state index contributed by atoms with van der Waals surface area (Å²) in [5.41, 5.74) is 3.01. The lowest BCUT2D eigenvalue weighted by Gasteiger charge is -2.06. The molecule has 0 saturated heterocycles. The van der Waals surface area contributed by atoms with Gasteiger partial charge >= 0.3 is 11.4 Å². The maximum Gasteiger partial charge on any atom is 0.301 e. The number of anilines is 2. The van der Waals surface area contributed by atoms with Crippen molar-refractivity contribution in [3.05, 3.63) is 76.9 Å². The molecule has 32 heavy (non-hydrogen) atoms. The number of nitrogens with zero attached hydrogens (tertiary/aromatic N) is 6. The summed E-state index contributed by atoms with van der Waals surface area (Å²) in [6.07, 6.45) is 0. The van der Waals surface area contributed by atoms with Crippen molar-refractivity contribution in [2.24, 2.45) is 10.2 Å². The van der Waals surface area contributed by atoms with E-state index in [0.717, 1.165) is 36.4 Å². The van der Waals surface area contributed by atoms with Crippen LogP contribution in [0.3, 0.4) is 0 Å². The number of nitrogens with one attached hydrogen (secondary N) is 2. The Hall–Kier alpha value is -5.02. The molecule has 16 nitrogen and oxygen atoms in total. The Bertz CT molecular complexity index is 1090. The molecule has 2 aromatic carbocycles. The van der Waals surface area contributed by atoms with Gasteiger partial charge in [0.25, 0.3) is 11.4 Å².